The molecule has 6 heteroatoms. The van der Waals surface area contributed by atoms with E-state index in [2.05, 4.69) is 5.32 Å². The van der Waals surface area contributed by atoms with Gasteiger partial charge in [-0.25, -0.2) is 9.18 Å². The van der Waals surface area contributed by atoms with Gasteiger partial charge < -0.3 is 10.1 Å². The number of hydrogen-bond acceptors (Lipinski definition) is 3. The molecule has 0 radical (unpaired) electrons. The number of hydrogen-bond donors (Lipinski definition) is 1. The van der Waals surface area contributed by atoms with Gasteiger partial charge in [-0.2, -0.15) is 0 Å². The van der Waals surface area contributed by atoms with Crippen LogP contribution in [0.3, 0.4) is 0 Å². The second kappa shape index (κ2) is 7.15. The molecule has 1 saturated heterocycles. The maximum Gasteiger partial charge on any atom is 0.329 e. The first-order valence-electron chi connectivity index (χ1n) is 8.72. The summed E-state index contributed by atoms with van der Waals surface area (Å²) in [6.45, 7) is -0.138. The molecule has 0 aromatic heterocycles. The number of halogens is 1. The summed E-state index contributed by atoms with van der Waals surface area (Å²) in [5, 5.41) is 4.45. The number of nitrogens with zero attached hydrogens (tertiary/aromatic N) is 1. The van der Waals surface area contributed by atoms with Crippen LogP contribution < -0.4 is 10.1 Å². The average molecular weight is 376 g/mol. The maximum absolute atomic E-state index is 13.9. The molecule has 0 spiro atoms. The van der Waals surface area contributed by atoms with E-state index in [0.29, 0.717) is 11.3 Å². The molecule has 140 valence electrons. The normalized spacial score (nSPS) is 15.4. The zero-order valence-electron chi connectivity index (χ0n) is 15.1. The van der Waals surface area contributed by atoms with Crippen molar-refractivity contribution in [3.8, 4) is 5.75 Å². The Morgan fingerprint density at radius 3 is 2.57 bits per heavy atom. The summed E-state index contributed by atoms with van der Waals surface area (Å²) in [6.07, 6.45) is 1.60. The highest BCUT2D eigenvalue weighted by Gasteiger charge is 2.34. The van der Waals surface area contributed by atoms with Gasteiger partial charge in [-0.1, -0.05) is 48.5 Å². The van der Waals surface area contributed by atoms with Crippen molar-refractivity contribution in [2.75, 3.05) is 7.11 Å². The fourth-order valence-electron chi connectivity index (χ4n) is 3.26. The molecule has 3 aromatic carbocycles. The standard InChI is InChI=1S/C22H17FN2O3/c1-28-20-11-10-14-6-2-4-8-16(14)17(20)12-19-21(26)25(22(27)24-19)13-15-7-3-5-9-18(15)23/h2-12H,13H2,1H3,(H,24,27)/b19-12+. The highest BCUT2D eigenvalue weighted by atomic mass is 19.1. The minimum atomic E-state index is -0.585. The van der Waals surface area contributed by atoms with Crippen LogP contribution in [0.5, 0.6) is 5.75 Å². The third kappa shape index (κ3) is 3.09. The zero-order chi connectivity index (χ0) is 19.7. The van der Waals surface area contributed by atoms with Crippen LogP contribution in [0.15, 0.2) is 66.4 Å². The fourth-order valence-corrected chi connectivity index (χ4v) is 3.26. The van der Waals surface area contributed by atoms with Gasteiger partial charge in [-0.15, -0.1) is 0 Å². The Morgan fingerprint density at radius 1 is 1.04 bits per heavy atom. The lowest BCUT2D eigenvalue weighted by Crippen LogP contribution is -2.30. The van der Waals surface area contributed by atoms with E-state index in [9.17, 15) is 14.0 Å². The fraction of sp³-hybridized carbons (Fsp3) is 0.0909. The van der Waals surface area contributed by atoms with Crippen molar-refractivity contribution in [2.24, 2.45) is 0 Å². The molecule has 0 unspecified atom stereocenters. The highest BCUT2D eigenvalue weighted by Crippen LogP contribution is 2.31. The van der Waals surface area contributed by atoms with Crippen molar-refractivity contribution in [3.05, 3.63) is 83.3 Å². The van der Waals surface area contributed by atoms with Gasteiger partial charge in [-0.3, -0.25) is 9.69 Å². The molecule has 0 atom stereocenters. The number of rotatable bonds is 4. The summed E-state index contributed by atoms with van der Waals surface area (Å²) in [5.74, 6) is -0.389. The third-order valence-electron chi connectivity index (χ3n) is 4.69. The van der Waals surface area contributed by atoms with Gasteiger partial charge in [0.2, 0.25) is 0 Å². The number of nitrogens with one attached hydrogen (secondary N) is 1. The second-order valence-corrected chi connectivity index (χ2v) is 6.37. The molecule has 1 fully saturated rings. The first-order valence-corrected chi connectivity index (χ1v) is 8.72. The number of carbonyl (C=O) groups excluding carboxylic acids is 2. The molecule has 3 amide bonds. The van der Waals surface area contributed by atoms with Gasteiger partial charge in [0.05, 0.1) is 13.7 Å². The molecule has 1 N–H and O–H groups in total. The van der Waals surface area contributed by atoms with Crippen LogP contribution in [0.25, 0.3) is 16.8 Å². The predicted molar refractivity (Wildman–Crippen MR) is 104 cm³/mol. The topological polar surface area (TPSA) is 58.6 Å². The van der Waals surface area contributed by atoms with Crippen molar-refractivity contribution < 1.29 is 18.7 Å². The summed E-state index contributed by atoms with van der Waals surface area (Å²) >= 11 is 0. The lowest BCUT2D eigenvalue weighted by atomic mass is 10.0. The summed E-state index contributed by atoms with van der Waals surface area (Å²) in [5.41, 5.74) is 1.09. The van der Waals surface area contributed by atoms with Gasteiger partial charge in [-0.05, 0) is 29.0 Å². The van der Waals surface area contributed by atoms with Crippen LogP contribution in [0.1, 0.15) is 11.1 Å². The molecule has 1 aliphatic rings. The maximum atomic E-state index is 13.9. The molecule has 0 saturated carbocycles. The first kappa shape index (κ1) is 17.7. The second-order valence-electron chi connectivity index (χ2n) is 6.37. The summed E-state index contributed by atoms with van der Waals surface area (Å²) in [4.78, 5) is 26.1. The molecule has 0 aliphatic carbocycles. The number of fused-ring (bicyclic) bond motifs is 1. The zero-order valence-corrected chi connectivity index (χ0v) is 15.1. The highest BCUT2D eigenvalue weighted by molar-refractivity contribution is 6.14. The van der Waals surface area contributed by atoms with Gasteiger partial charge in [0.1, 0.15) is 17.3 Å². The van der Waals surface area contributed by atoms with Gasteiger partial charge in [0, 0.05) is 11.1 Å². The molecule has 0 bridgehead atoms. The minimum Gasteiger partial charge on any atom is -0.496 e. The van der Waals surface area contributed by atoms with E-state index in [1.54, 1.807) is 31.4 Å². The summed E-state index contributed by atoms with van der Waals surface area (Å²) < 4.78 is 19.3. The Labute approximate surface area is 161 Å². The Balaban J connectivity index is 1.72. The number of ether oxygens (including phenoxy) is 1. The van der Waals surface area contributed by atoms with E-state index in [1.807, 2.05) is 36.4 Å². The lowest BCUT2D eigenvalue weighted by Gasteiger charge is -2.12. The van der Waals surface area contributed by atoms with Gasteiger partial charge in [0.25, 0.3) is 5.91 Å². The van der Waals surface area contributed by atoms with Crippen LogP contribution in [-0.4, -0.2) is 23.9 Å². The molecular weight excluding hydrogens is 359 g/mol. The number of carbonyl (C=O) groups is 2. The first-order chi connectivity index (χ1) is 13.6. The summed E-state index contributed by atoms with van der Waals surface area (Å²) in [6, 6.07) is 16.9. The third-order valence-corrected chi connectivity index (χ3v) is 4.69. The molecular formula is C22H17FN2O3. The van der Waals surface area contributed by atoms with Crippen molar-refractivity contribution >= 4 is 28.8 Å². The van der Waals surface area contributed by atoms with Crippen LogP contribution in [0, 0.1) is 5.82 Å². The van der Waals surface area contributed by atoms with Crippen LogP contribution in [0.4, 0.5) is 9.18 Å². The van der Waals surface area contributed by atoms with E-state index in [4.69, 9.17) is 4.74 Å². The Morgan fingerprint density at radius 2 is 1.79 bits per heavy atom. The van der Waals surface area contributed by atoms with E-state index < -0.39 is 17.8 Å². The van der Waals surface area contributed by atoms with Crippen LogP contribution in [-0.2, 0) is 11.3 Å². The lowest BCUT2D eigenvalue weighted by molar-refractivity contribution is -0.123. The van der Waals surface area contributed by atoms with Crippen molar-refractivity contribution in [3.63, 3.8) is 0 Å². The number of methoxy groups -OCH3 is 1. The monoisotopic (exact) mass is 376 g/mol. The van der Waals surface area contributed by atoms with E-state index in [1.165, 1.54) is 6.07 Å². The van der Waals surface area contributed by atoms with Crippen molar-refractivity contribution in [1.82, 2.24) is 10.2 Å². The van der Waals surface area contributed by atoms with Crippen LogP contribution >= 0.6 is 0 Å². The number of urea groups is 1. The average Bonchev–Trinajstić information content (AvgIpc) is 2.97. The Hall–Kier alpha value is -3.67. The number of benzene rings is 3. The molecule has 1 aliphatic heterocycles. The van der Waals surface area contributed by atoms with Gasteiger partial charge >= 0.3 is 6.03 Å². The Kier molecular flexibility index (Phi) is 4.53. The van der Waals surface area contributed by atoms with Gasteiger partial charge in [0.15, 0.2) is 0 Å². The van der Waals surface area contributed by atoms with E-state index >= 15 is 0 Å². The Bertz CT molecular complexity index is 1120. The van der Waals surface area contributed by atoms with E-state index in [-0.39, 0.29) is 17.8 Å². The molecule has 4 rings (SSSR count). The molecule has 28 heavy (non-hydrogen) atoms. The molecule has 1 heterocycles. The van der Waals surface area contributed by atoms with E-state index in [0.717, 1.165) is 15.7 Å². The minimum absolute atomic E-state index is 0.121. The predicted octanol–water partition coefficient (Wildman–Crippen LogP) is 4.08. The number of imide groups is 1. The molecule has 5 nitrogen and oxygen atoms in total. The SMILES string of the molecule is COc1ccc2ccccc2c1/C=C1/NC(=O)N(Cc2ccccc2F)C1=O. The van der Waals surface area contributed by atoms with Crippen LogP contribution in [0.2, 0.25) is 0 Å². The quantitative estimate of drug-likeness (QED) is 0.551. The van der Waals surface area contributed by atoms with Crippen molar-refractivity contribution in [2.45, 2.75) is 6.54 Å². The molecule has 3 aromatic rings. The smallest absolute Gasteiger partial charge is 0.329 e. The van der Waals surface area contributed by atoms with Crippen molar-refractivity contribution in [1.29, 1.82) is 0 Å². The number of amides is 3. The summed E-state index contributed by atoms with van der Waals surface area (Å²) in [7, 11) is 1.55. The largest absolute Gasteiger partial charge is 0.496 e.